The first-order chi connectivity index (χ1) is 15.9. The molecule has 0 aliphatic carbocycles. The minimum Gasteiger partial charge on any atom is -0.497 e. The maximum absolute atomic E-state index is 12.9. The molecule has 1 N–H and O–H groups in total. The summed E-state index contributed by atoms with van der Waals surface area (Å²) < 4.78 is 21.6. The number of hydrogen-bond donors (Lipinski definition) is 1. The summed E-state index contributed by atoms with van der Waals surface area (Å²) >= 11 is 6.55. The number of benzene rings is 2. The molecule has 0 spiro atoms. The number of nitrogens with zero attached hydrogens (tertiary/aromatic N) is 1. The van der Waals surface area contributed by atoms with Crippen molar-refractivity contribution in [1.29, 1.82) is 0 Å². The fourth-order valence-electron chi connectivity index (χ4n) is 3.17. The van der Waals surface area contributed by atoms with E-state index in [1.807, 2.05) is 0 Å². The third-order valence-electron chi connectivity index (χ3n) is 4.77. The molecular formula is C23H24N2O6S2. The van der Waals surface area contributed by atoms with Crippen LogP contribution in [0, 0.1) is 0 Å². The van der Waals surface area contributed by atoms with E-state index in [0.717, 1.165) is 0 Å². The molecule has 10 heteroatoms. The molecule has 0 radical (unpaired) electrons. The number of thioether (sulfide) groups is 1. The summed E-state index contributed by atoms with van der Waals surface area (Å²) in [6, 6.07) is 10.5. The Bertz CT molecular complexity index is 1080. The topological polar surface area (TPSA) is 86.3 Å². The van der Waals surface area contributed by atoms with Crippen molar-refractivity contribution in [3.8, 4) is 23.0 Å². The molecule has 1 heterocycles. The van der Waals surface area contributed by atoms with Crippen molar-refractivity contribution in [2.24, 2.45) is 0 Å². The van der Waals surface area contributed by atoms with E-state index in [0.29, 0.717) is 43.5 Å². The molecular weight excluding hydrogens is 464 g/mol. The van der Waals surface area contributed by atoms with Gasteiger partial charge in [0.2, 0.25) is 11.7 Å². The first-order valence-electron chi connectivity index (χ1n) is 9.89. The highest BCUT2D eigenvalue weighted by atomic mass is 32.2. The molecule has 0 atom stereocenters. The van der Waals surface area contributed by atoms with Crippen LogP contribution in [0.4, 0.5) is 5.69 Å². The first kappa shape index (κ1) is 24.4. The van der Waals surface area contributed by atoms with Gasteiger partial charge in [-0.05, 0) is 35.9 Å². The minimum absolute atomic E-state index is 0.0983. The molecule has 3 rings (SSSR count). The highest BCUT2D eigenvalue weighted by Crippen LogP contribution is 2.40. The van der Waals surface area contributed by atoms with Crippen LogP contribution in [0.15, 0.2) is 41.3 Å². The highest BCUT2D eigenvalue weighted by molar-refractivity contribution is 8.26. The third kappa shape index (κ3) is 5.77. The number of thiocarbonyl (C=S) groups is 1. The normalized spacial score (nSPS) is 14.4. The van der Waals surface area contributed by atoms with Crippen LogP contribution in [0.5, 0.6) is 23.0 Å². The first-order valence-corrected chi connectivity index (χ1v) is 11.1. The zero-order chi connectivity index (χ0) is 24.0. The average molecular weight is 489 g/mol. The van der Waals surface area contributed by atoms with Crippen molar-refractivity contribution >= 4 is 51.9 Å². The Morgan fingerprint density at radius 2 is 1.76 bits per heavy atom. The summed E-state index contributed by atoms with van der Waals surface area (Å²) in [7, 11) is 6.13. The largest absolute Gasteiger partial charge is 0.497 e. The molecule has 174 valence electrons. The van der Waals surface area contributed by atoms with Gasteiger partial charge in [0.1, 0.15) is 10.1 Å². The van der Waals surface area contributed by atoms with E-state index >= 15 is 0 Å². The predicted molar refractivity (Wildman–Crippen MR) is 132 cm³/mol. The van der Waals surface area contributed by atoms with Gasteiger partial charge in [-0.1, -0.05) is 30.0 Å². The number of methoxy groups -OCH3 is 4. The third-order valence-corrected chi connectivity index (χ3v) is 6.15. The van der Waals surface area contributed by atoms with Crippen LogP contribution in [-0.4, -0.2) is 56.0 Å². The van der Waals surface area contributed by atoms with E-state index in [1.54, 1.807) is 49.6 Å². The Morgan fingerprint density at radius 3 is 2.36 bits per heavy atom. The monoisotopic (exact) mass is 488 g/mol. The van der Waals surface area contributed by atoms with Gasteiger partial charge in [-0.3, -0.25) is 14.5 Å². The van der Waals surface area contributed by atoms with Crippen molar-refractivity contribution in [3.63, 3.8) is 0 Å². The van der Waals surface area contributed by atoms with Gasteiger partial charge in [-0.25, -0.2) is 0 Å². The van der Waals surface area contributed by atoms with Gasteiger partial charge in [-0.2, -0.15) is 0 Å². The van der Waals surface area contributed by atoms with Crippen LogP contribution in [0.1, 0.15) is 12.0 Å². The maximum atomic E-state index is 12.9. The number of ether oxygens (including phenoxy) is 4. The molecule has 1 aliphatic heterocycles. The maximum Gasteiger partial charge on any atom is 0.266 e. The van der Waals surface area contributed by atoms with Crippen LogP contribution < -0.4 is 24.3 Å². The highest BCUT2D eigenvalue weighted by Gasteiger charge is 2.32. The van der Waals surface area contributed by atoms with Crippen LogP contribution in [0.25, 0.3) is 6.08 Å². The molecule has 1 saturated heterocycles. The molecule has 0 unspecified atom stereocenters. The molecule has 2 aromatic carbocycles. The van der Waals surface area contributed by atoms with E-state index in [4.69, 9.17) is 31.2 Å². The van der Waals surface area contributed by atoms with Crippen molar-refractivity contribution in [2.45, 2.75) is 6.42 Å². The number of rotatable bonds is 9. The summed E-state index contributed by atoms with van der Waals surface area (Å²) in [5.74, 6) is 1.58. The van der Waals surface area contributed by atoms with E-state index in [2.05, 4.69) is 5.32 Å². The van der Waals surface area contributed by atoms with Crippen LogP contribution >= 0.6 is 24.0 Å². The molecule has 0 bridgehead atoms. The van der Waals surface area contributed by atoms with Crippen molar-refractivity contribution in [1.82, 2.24) is 4.90 Å². The van der Waals surface area contributed by atoms with E-state index in [1.165, 1.54) is 38.0 Å². The Morgan fingerprint density at radius 1 is 1.06 bits per heavy atom. The van der Waals surface area contributed by atoms with Crippen LogP contribution in [0.3, 0.4) is 0 Å². The number of anilines is 1. The molecule has 33 heavy (non-hydrogen) atoms. The SMILES string of the molecule is COc1cccc(NC(=O)CCN2C(=O)/C(=C/c3cc(OC)c(OC)c(OC)c3)SC2=S)c1. The number of nitrogens with one attached hydrogen (secondary N) is 1. The van der Waals surface area contributed by atoms with Gasteiger partial charge in [0, 0.05) is 24.7 Å². The zero-order valence-electron chi connectivity index (χ0n) is 18.7. The average Bonchev–Trinajstić information content (AvgIpc) is 3.08. The summed E-state index contributed by atoms with van der Waals surface area (Å²) in [6.45, 7) is 0.174. The second-order valence-corrected chi connectivity index (χ2v) is 8.50. The van der Waals surface area contributed by atoms with Gasteiger partial charge in [0.15, 0.2) is 11.5 Å². The molecule has 8 nitrogen and oxygen atoms in total. The van der Waals surface area contributed by atoms with Gasteiger partial charge >= 0.3 is 0 Å². The minimum atomic E-state index is -0.257. The van der Waals surface area contributed by atoms with Gasteiger partial charge in [0.25, 0.3) is 5.91 Å². The fraction of sp³-hybridized carbons (Fsp3) is 0.261. The molecule has 2 amide bonds. The van der Waals surface area contributed by atoms with E-state index in [9.17, 15) is 9.59 Å². The number of carbonyl (C=O) groups excluding carboxylic acids is 2. The Balaban J connectivity index is 1.69. The molecule has 1 fully saturated rings. The molecule has 0 saturated carbocycles. The van der Waals surface area contributed by atoms with Crippen molar-refractivity contribution in [3.05, 3.63) is 46.9 Å². The smallest absolute Gasteiger partial charge is 0.266 e. The summed E-state index contributed by atoms with van der Waals surface area (Å²) in [6.07, 6.45) is 1.81. The molecule has 0 aromatic heterocycles. The lowest BCUT2D eigenvalue weighted by atomic mass is 10.1. The Kier molecular flexibility index (Phi) is 8.18. The van der Waals surface area contributed by atoms with E-state index < -0.39 is 0 Å². The number of amides is 2. The zero-order valence-corrected chi connectivity index (χ0v) is 20.3. The lowest BCUT2D eigenvalue weighted by Gasteiger charge is -2.14. The summed E-state index contributed by atoms with van der Waals surface area (Å²) in [5.41, 5.74) is 1.31. The van der Waals surface area contributed by atoms with Gasteiger partial charge in [0.05, 0.1) is 33.3 Å². The van der Waals surface area contributed by atoms with E-state index in [-0.39, 0.29) is 24.8 Å². The molecule has 1 aliphatic rings. The second-order valence-electron chi connectivity index (χ2n) is 6.82. The van der Waals surface area contributed by atoms with Gasteiger partial charge in [-0.15, -0.1) is 0 Å². The van der Waals surface area contributed by atoms with Crippen molar-refractivity contribution in [2.75, 3.05) is 40.3 Å². The Hall–Kier alpha value is -3.24. The predicted octanol–water partition coefficient (Wildman–Crippen LogP) is 3.95. The second kappa shape index (κ2) is 11.1. The fourth-order valence-corrected chi connectivity index (χ4v) is 4.48. The lowest BCUT2D eigenvalue weighted by Crippen LogP contribution is -2.31. The summed E-state index contributed by atoms with van der Waals surface area (Å²) in [5, 5.41) is 2.80. The van der Waals surface area contributed by atoms with Crippen LogP contribution in [0.2, 0.25) is 0 Å². The van der Waals surface area contributed by atoms with Gasteiger partial charge < -0.3 is 24.3 Å². The molecule has 2 aromatic rings. The Labute approximate surface area is 201 Å². The van der Waals surface area contributed by atoms with Crippen LogP contribution in [-0.2, 0) is 9.59 Å². The summed E-state index contributed by atoms with van der Waals surface area (Å²) in [4.78, 5) is 27.2. The standard InChI is InChI=1S/C23H24N2O6S2/c1-28-16-7-5-6-15(13-16)24-20(26)8-9-25-22(27)19(33-23(25)32)12-14-10-17(29-2)21(31-4)18(11-14)30-3/h5-7,10-13H,8-9H2,1-4H3,(H,24,26)/b19-12-. The number of carbonyl (C=O) groups is 2. The number of hydrogen-bond acceptors (Lipinski definition) is 8. The van der Waals surface area contributed by atoms with Crippen molar-refractivity contribution < 1.29 is 28.5 Å². The quantitative estimate of drug-likeness (QED) is 0.420. The lowest BCUT2D eigenvalue weighted by molar-refractivity contribution is -0.122.